The van der Waals surface area contributed by atoms with E-state index in [2.05, 4.69) is 5.32 Å². The van der Waals surface area contributed by atoms with Crippen LogP contribution in [0.1, 0.15) is 32.1 Å². The highest BCUT2D eigenvalue weighted by Gasteiger charge is 2.26. The second kappa shape index (κ2) is 8.63. The van der Waals surface area contributed by atoms with Crippen molar-refractivity contribution in [1.29, 1.82) is 0 Å². The van der Waals surface area contributed by atoms with Crippen LogP contribution in [-0.4, -0.2) is 32.2 Å². The summed E-state index contributed by atoms with van der Waals surface area (Å²) in [5, 5.41) is 3.10. The highest BCUT2D eigenvalue weighted by atomic mass is 16.5. The number of rotatable bonds is 8. The number of nitrogens with two attached hydrogens (primary N) is 1. The van der Waals surface area contributed by atoms with Crippen molar-refractivity contribution in [3.05, 3.63) is 24.3 Å². The number of hydrogen-bond donors (Lipinski definition) is 2. The molecule has 1 amide bonds. The number of carbonyl (C=O) groups is 1. The summed E-state index contributed by atoms with van der Waals surface area (Å²) < 4.78 is 10.7. The van der Waals surface area contributed by atoms with Gasteiger partial charge >= 0.3 is 0 Å². The summed E-state index contributed by atoms with van der Waals surface area (Å²) in [7, 11) is 1.63. The van der Waals surface area contributed by atoms with Crippen LogP contribution >= 0.6 is 0 Å². The Balaban J connectivity index is 1.62. The molecule has 3 N–H and O–H groups in total. The minimum atomic E-state index is 0.101. The number of benzene rings is 1. The molecule has 1 aliphatic rings. The van der Waals surface area contributed by atoms with E-state index in [0.717, 1.165) is 30.8 Å². The maximum Gasteiger partial charge on any atom is 0.220 e. The number of methoxy groups -OCH3 is 1. The van der Waals surface area contributed by atoms with Crippen molar-refractivity contribution in [3.63, 3.8) is 0 Å². The first-order chi connectivity index (χ1) is 10.7. The van der Waals surface area contributed by atoms with Gasteiger partial charge in [-0.15, -0.1) is 0 Å². The third-order valence-corrected chi connectivity index (χ3v) is 4.18. The molecule has 1 saturated carbocycles. The maximum absolute atomic E-state index is 11.9. The van der Waals surface area contributed by atoms with Gasteiger partial charge in [0.1, 0.15) is 11.5 Å². The molecule has 2 unspecified atom stereocenters. The van der Waals surface area contributed by atoms with Crippen LogP contribution in [0, 0.1) is 5.92 Å². The first kappa shape index (κ1) is 16.6. The zero-order valence-electron chi connectivity index (χ0n) is 13.2. The molecule has 1 aliphatic carbocycles. The Labute approximate surface area is 132 Å². The SMILES string of the molecule is COc1ccc(OCCCC(=O)NC2CCCC2CN)cc1. The molecule has 2 atom stereocenters. The standard InChI is InChI=1S/C17H26N2O3/c1-21-14-7-9-15(10-8-14)22-11-3-6-17(20)19-16-5-2-4-13(16)12-18/h7-10,13,16H,2-6,11-12,18H2,1H3,(H,19,20). The van der Waals surface area contributed by atoms with Crippen LogP contribution in [0.3, 0.4) is 0 Å². The second-order valence-electron chi connectivity index (χ2n) is 5.73. The van der Waals surface area contributed by atoms with Crippen molar-refractivity contribution in [2.45, 2.75) is 38.1 Å². The number of carbonyl (C=O) groups excluding carboxylic acids is 1. The van der Waals surface area contributed by atoms with Gasteiger partial charge in [0.05, 0.1) is 13.7 Å². The van der Waals surface area contributed by atoms with Gasteiger partial charge in [0.2, 0.25) is 5.91 Å². The number of amides is 1. The first-order valence-corrected chi connectivity index (χ1v) is 7.99. The first-order valence-electron chi connectivity index (χ1n) is 7.99. The Morgan fingerprint density at radius 2 is 2.00 bits per heavy atom. The van der Waals surface area contributed by atoms with Gasteiger partial charge in [0.15, 0.2) is 0 Å². The van der Waals surface area contributed by atoms with Crippen molar-refractivity contribution in [2.75, 3.05) is 20.3 Å². The Kier molecular flexibility index (Phi) is 6.52. The lowest BCUT2D eigenvalue weighted by atomic mass is 10.0. The fourth-order valence-corrected chi connectivity index (χ4v) is 2.88. The van der Waals surface area contributed by atoms with Gasteiger partial charge in [-0.3, -0.25) is 4.79 Å². The summed E-state index contributed by atoms with van der Waals surface area (Å²) in [6.07, 6.45) is 4.53. The van der Waals surface area contributed by atoms with E-state index in [-0.39, 0.29) is 11.9 Å². The average molecular weight is 306 g/mol. The molecule has 0 aromatic heterocycles. The van der Waals surface area contributed by atoms with Gasteiger partial charge < -0.3 is 20.5 Å². The van der Waals surface area contributed by atoms with E-state index in [9.17, 15) is 4.79 Å². The predicted octanol–water partition coefficient (Wildman–Crippen LogP) is 2.10. The quantitative estimate of drug-likeness (QED) is 0.721. The predicted molar refractivity (Wildman–Crippen MR) is 86.0 cm³/mol. The summed E-state index contributed by atoms with van der Waals surface area (Å²) in [4.78, 5) is 11.9. The van der Waals surface area contributed by atoms with E-state index in [1.807, 2.05) is 24.3 Å². The summed E-state index contributed by atoms with van der Waals surface area (Å²) in [5.41, 5.74) is 5.73. The average Bonchev–Trinajstić information content (AvgIpc) is 2.99. The molecule has 1 aromatic carbocycles. The van der Waals surface area contributed by atoms with Crippen molar-refractivity contribution >= 4 is 5.91 Å². The van der Waals surface area contributed by atoms with E-state index in [4.69, 9.17) is 15.2 Å². The molecule has 0 bridgehead atoms. The second-order valence-corrected chi connectivity index (χ2v) is 5.73. The van der Waals surface area contributed by atoms with Crippen LogP contribution in [0.5, 0.6) is 11.5 Å². The Bertz CT molecular complexity index is 461. The molecule has 2 rings (SSSR count). The third-order valence-electron chi connectivity index (χ3n) is 4.18. The van der Waals surface area contributed by atoms with Crippen molar-refractivity contribution < 1.29 is 14.3 Å². The van der Waals surface area contributed by atoms with Crippen LogP contribution < -0.4 is 20.5 Å². The zero-order chi connectivity index (χ0) is 15.8. The van der Waals surface area contributed by atoms with Gasteiger partial charge in [-0.05, 0) is 56.0 Å². The van der Waals surface area contributed by atoms with Gasteiger partial charge in [-0.2, -0.15) is 0 Å². The summed E-state index contributed by atoms with van der Waals surface area (Å²) >= 11 is 0. The summed E-state index contributed by atoms with van der Waals surface area (Å²) in [6, 6.07) is 7.71. The fraction of sp³-hybridized carbons (Fsp3) is 0.588. The van der Waals surface area contributed by atoms with Crippen LogP contribution in [0.4, 0.5) is 0 Å². The lowest BCUT2D eigenvalue weighted by Gasteiger charge is -2.19. The smallest absolute Gasteiger partial charge is 0.220 e. The number of nitrogens with one attached hydrogen (secondary N) is 1. The van der Waals surface area contributed by atoms with E-state index < -0.39 is 0 Å². The van der Waals surface area contributed by atoms with Crippen LogP contribution in [-0.2, 0) is 4.79 Å². The molecule has 5 nitrogen and oxygen atoms in total. The highest BCUT2D eigenvalue weighted by Crippen LogP contribution is 2.24. The molecule has 1 aromatic rings. The van der Waals surface area contributed by atoms with Crippen molar-refractivity contribution in [2.24, 2.45) is 11.7 Å². The van der Waals surface area contributed by atoms with Crippen molar-refractivity contribution in [1.82, 2.24) is 5.32 Å². The molecule has 0 radical (unpaired) electrons. The highest BCUT2D eigenvalue weighted by molar-refractivity contribution is 5.76. The molecule has 1 fully saturated rings. The minimum absolute atomic E-state index is 0.101. The largest absolute Gasteiger partial charge is 0.497 e. The molecule has 0 spiro atoms. The molecular formula is C17H26N2O3. The maximum atomic E-state index is 11.9. The minimum Gasteiger partial charge on any atom is -0.497 e. The van der Waals surface area contributed by atoms with Gasteiger partial charge in [-0.25, -0.2) is 0 Å². The molecular weight excluding hydrogens is 280 g/mol. The molecule has 0 saturated heterocycles. The van der Waals surface area contributed by atoms with E-state index in [1.165, 1.54) is 0 Å². The number of ether oxygens (including phenoxy) is 2. The van der Waals surface area contributed by atoms with Crippen LogP contribution in [0.2, 0.25) is 0 Å². The van der Waals surface area contributed by atoms with Gasteiger partial charge in [0.25, 0.3) is 0 Å². The summed E-state index contributed by atoms with van der Waals surface area (Å²) in [6.45, 7) is 1.19. The molecule has 122 valence electrons. The van der Waals surface area contributed by atoms with Gasteiger partial charge in [-0.1, -0.05) is 6.42 Å². The lowest BCUT2D eigenvalue weighted by molar-refractivity contribution is -0.122. The Hall–Kier alpha value is -1.75. The fourth-order valence-electron chi connectivity index (χ4n) is 2.88. The van der Waals surface area contributed by atoms with E-state index in [1.54, 1.807) is 7.11 Å². The topological polar surface area (TPSA) is 73.6 Å². The van der Waals surface area contributed by atoms with Crippen LogP contribution in [0.15, 0.2) is 24.3 Å². The lowest BCUT2D eigenvalue weighted by Crippen LogP contribution is -2.39. The monoisotopic (exact) mass is 306 g/mol. The van der Waals surface area contributed by atoms with Crippen LogP contribution in [0.25, 0.3) is 0 Å². The molecule has 5 heteroatoms. The Morgan fingerprint density at radius 1 is 1.27 bits per heavy atom. The van der Waals surface area contributed by atoms with Crippen molar-refractivity contribution in [3.8, 4) is 11.5 Å². The number of hydrogen-bond acceptors (Lipinski definition) is 4. The van der Waals surface area contributed by atoms with E-state index >= 15 is 0 Å². The zero-order valence-corrected chi connectivity index (χ0v) is 13.2. The molecule has 0 heterocycles. The van der Waals surface area contributed by atoms with Gasteiger partial charge in [0, 0.05) is 12.5 Å². The summed E-state index contributed by atoms with van der Waals surface area (Å²) in [5.74, 6) is 2.14. The third kappa shape index (κ3) is 4.91. The molecule has 0 aliphatic heterocycles. The normalized spacial score (nSPS) is 20.6. The Morgan fingerprint density at radius 3 is 2.68 bits per heavy atom. The van der Waals surface area contributed by atoms with E-state index in [0.29, 0.717) is 31.9 Å². The molecule has 22 heavy (non-hydrogen) atoms.